The van der Waals surface area contributed by atoms with Crippen LogP contribution < -0.4 is 10.6 Å². The molecule has 0 saturated carbocycles. The van der Waals surface area contributed by atoms with Gasteiger partial charge in [0, 0.05) is 17.3 Å². The van der Waals surface area contributed by atoms with E-state index in [2.05, 4.69) is 20.7 Å². The van der Waals surface area contributed by atoms with Gasteiger partial charge in [0.05, 0.1) is 22.5 Å². The van der Waals surface area contributed by atoms with Gasteiger partial charge in [-0.1, -0.05) is 25.2 Å². The number of carbonyl (C=O) groups excluding carboxylic acids is 2. The van der Waals surface area contributed by atoms with Crippen LogP contribution in [0.15, 0.2) is 40.8 Å². The lowest BCUT2D eigenvalue weighted by atomic mass is 10.2. The first-order valence-corrected chi connectivity index (χ1v) is 10.7. The molecular weight excluding hydrogens is 414 g/mol. The van der Waals surface area contributed by atoms with E-state index in [1.54, 1.807) is 24.3 Å². The summed E-state index contributed by atoms with van der Waals surface area (Å²) in [6, 6.07) is 10.9. The molecule has 3 heterocycles. The quantitative estimate of drug-likeness (QED) is 0.459. The molecule has 160 valence electrons. The molecule has 8 nitrogen and oxygen atoms in total. The van der Waals surface area contributed by atoms with Crippen LogP contribution in [-0.4, -0.2) is 26.6 Å². The number of nitrogens with zero attached hydrogens (tertiary/aromatic N) is 3. The van der Waals surface area contributed by atoms with Crippen LogP contribution in [-0.2, 0) is 11.3 Å². The number of anilines is 2. The third-order valence-electron chi connectivity index (χ3n) is 4.69. The van der Waals surface area contributed by atoms with Crippen molar-refractivity contribution < 1.29 is 14.0 Å². The molecule has 4 aromatic rings. The Morgan fingerprint density at radius 1 is 1.13 bits per heavy atom. The van der Waals surface area contributed by atoms with E-state index in [1.165, 1.54) is 11.3 Å². The molecule has 0 fully saturated rings. The van der Waals surface area contributed by atoms with Gasteiger partial charge in [-0.25, -0.2) is 4.98 Å². The zero-order valence-electron chi connectivity index (χ0n) is 17.7. The Hall–Kier alpha value is -3.46. The van der Waals surface area contributed by atoms with E-state index in [0.717, 1.165) is 16.1 Å². The van der Waals surface area contributed by atoms with Gasteiger partial charge in [-0.05, 0) is 50.2 Å². The third-order valence-corrected chi connectivity index (χ3v) is 5.65. The number of rotatable bonds is 6. The molecule has 0 radical (unpaired) electrons. The average molecular weight is 438 g/mol. The number of fused-ring (bicyclic) bond motifs is 1. The van der Waals surface area contributed by atoms with Crippen LogP contribution in [0.5, 0.6) is 0 Å². The van der Waals surface area contributed by atoms with Gasteiger partial charge in [0.25, 0.3) is 5.91 Å². The van der Waals surface area contributed by atoms with Gasteiger partial charge in [0.15, 0.2) is 10.9 Å². The Bertz CT molecular complexity index is 1270. The van der Waals surface area contributed by atoms with E-state index >= 15 is 0 Å². The Balaban J connectivity index is 1.45. The van der Waals surface area contributed by atoms with Crippen LogP contribution in [0.2, 0.25) is 0 Å². The molecule has 0 atom stereocenters. The van der Waals surface area contributed by atoms with Crippen LogP contribution in [0, 0.1) is 19.8 Å². The van der Waals surface area contributed by atoms with Crippen LogP contribution in [0.1, 0.15) is 41.6 Å². The lowest BCUT2D eigenvalue weighted by Gasteiger charge is -2.04. The van der Waals surface area contributed by atoms with Crippen molar-refractivity contribution in [1.82, 2.24) is 14.8 Å². The zero-order valence-corrected chi connectivity index (χ0v) is 18.5. The molecule has 2 N–H and O–H groups in total. The molecule has 0 spiro atoms. The third kappa shape index (κ3) is 4.66. The summed E-state index contributed by atoms with van der Waals surface area (Å²) in [5.74, 6) is 0.321. The summed E-state index contributed by atoms with van der Waals surface area (Å²) < 4.78 is 8.46. The molecule has 1 aromatic carbocycles. The van der Waals surface area contributed by atoms with Gasteiger partial charge in [-0.3, -0.25) is 14.3 Å². The largest absolute Gasteiger partial charge is 0.454 e. The predicted octanol–water partition coefficient (Wildman–Crippen LogP) is 4.60. The minimum Gasteiger partial charge on any atom is -0.454 e. The Labute approximate surface area is 183 Å². The first kappa shape index (κ1) is 20.8. The summed E-state index contributed by atoms with van der Waals surface area (Å²) in [5.41, 5.74) is 3.26. The van der Waals surface area contributed by atoms with E-state index in [0.29, 0.717) is 28.6 Å². The number of benzene rings is 1. The second kappa shape index (κ2) is 8.35. The highest BCUT2D eigenvalue weighted by molar-refractivity contribution is 7.22. The minimum atomic E-state index is -0.345. The normalized spacial score (nSPS) is 11.3. The fourth-order valence-electron chi connectivity index (χ4n) is 3.07. The first-order valence-electron chi connectivity index (χ1n) is 9.91. The second-order valence-electron chi connectivity index (χ2n) is 7.65. The molecule has 0 unspecified atom stereocenters. The topological polar surface area (TPSA) is 102 Å². The highest BCUT2D eigenvalue weighted by atomic mass is 32.1. The van der Waals surface area contributed by atoms with Crippen LogP contribution in [0.25, 0.3) is 10.2 Å². The highest BCUT2D eigenvalue weighted by Crippen LogP contribution is 2.28. The number of hydrogen-bond acceptors (Lipinski definition) is 6. The fraction of sp³-hybridized carbons (Fsp3) is 0.273. The van der Waals surface area contributed by atoms with Crippen LogP contribution >= 0.6 is 11.3 Å². The fourth-order valence-corrected chi connectivity index (χ4v) is 3.92. The average Bonchev–Trinajstić information content (AvgIpc) is 3.40. The molecule has 0 aliphatic carbocycles. The van der Waals surface area contributed by atoms with E-state index < -0.39 is 0 Å². The van der Waals surface area contributed by atoms with E-state index in [1.807, 2.05) is 44.5 Å². The smallest absolute Gasteiger partial charge is 0.291 e. The number of nitrogens with one attached hydrogen (secondary N) is 2. The summed E-state index contributed by atoms with van der Waals surface area (Å²) in [6.07, 6.45) is 0. The number of furan rings is 1. The van der Waals surface area contributed by atoms with Crippen molar-refractivity contribution in [1.29, 1.82) is 0 Å². The Morgan fingerprint density at radius 2 is 1.94 bits per heavy atom. The summed E-state index contributed by atoms with van der Waals surface area (Å²) in [5, 5.41) is 10.6. The maximum atomic E-state index is 12.6. The molecule has 31 heavy (non-hydrogen) atoms. The monoisotopic (exact) mass is 437 g/mol. The molecule has 9 heteroatoms. The van der Waals surface area contributed by atoms with E-state index in [4.69, 9.17) is 4.42 Å². The Kier molecular flexibility index (Phi) is 5.60. The zero-order chi connectivity index (χ0) is 22.1. The van der Waals surface area contributed by atoms with Gasteiger partial charge in [-0.2, -0.15) is 5.10 Å². The predicted molar refractivity (Wildman–Crippen MR) is 121 cm³/mol. The van der Waals surface area contributed by atoms with Crippen molar-refractivity contribution in [2.45, 2.75) is 34.2 Å². The number of aryl methyl sites for hydroxylation is 2. The van der Waals surface area contributed by atoms with Crippen molar-refractivity contribution in [3.05, 3.63) is 59.3 Å². The summed E-state index contributed by atoms with van der Waals surface area (Å²) >= 11 is 1.39. The van der Waals surface area contributed by atoms with Crippen molar-refractivity contribution in [3.63, 3.8) is 0 Å². The van der Waals surface area contributed by atoms with E-state index in [-0.39, 0.29) is 23.5 Å². The SMILES string of the molecule is Cc1cc(C)n(Cc2ccc(C(=O)Nc3ccc4sc(NC(=O)C(C)C)nc4c3)o2)n1. The van der Waals surface area contributed by atoms with Gasteiger partial charge < -0.3 is 15.1 Å². The number of carbonyl (C=O) groups is 2. The van der Waals surface area contributed by atoms with Gasteiger partial charge in [0.2, 0.25) is 5.91 Å². The minimum absolute atomic E-state index is 0.0818. The maximum Gasteiger partial charge on any atom is 0.291 e. The second-order valence-corrected chi connectivity index (χ2v) is 8.68. The van der Waals surface area contributed by atoms with E-state index in [9.17, 15) is 9.59 Å². The summed E-state index contributed by atoms with van der Waals surface area (Å²) in [7, 11) is 0. The number of aromatic nitrogens is 3. The van der Waals surface area contributed by atoms with Crippen molar-refractivity contribution in [2.75, 3.05) is 10.6 Å². The van der Waals surface area contributed by atoms with Crippen molar-refractivity contribution in [2.24, 2.45) is 5.92 Å². The molecule has 0 aliphatic heterocycles. The number of hydrogen-bond donors (Lipinski definition) is 2. The van der Waals surface area contributed by atoms with Gasteiger partial charge in [-0.15, -0.1) is 0 Å². The molecule has 3 aromatic heterocycles. The Morgan fingerprint density at radius 3 is 2.65 bits per heavy atom. The first-order chi connectivity index (χ1) is 14.8. The van der Waals surface area contributed by atoms with Gasteiger partial charge >= 0.3 is 0 Å². The van der Waals surface area contributed by atoms with Gasteiger partial charge in [0.1, 0.15) is 5.76 Å². The lowest BCUT2D eigenvalue weighted by Crippen LogP contribution is -2.17. The summed E-state index contributed by atoms with van der Waals surface area (Å²) in [6.45, 7) is 8.03. The number of amides is 2. The highest BCUT2D eigenvalue weighted by Gasteiger charge is 2.15. The maximum absolute atomic E-state index is 12.6. The molecule has 0 aliphatic rings. The molecule has 4 rings (SSSR count). The summed E-state index contributed by atoms with van der Waals surface area (Å²) in [4.78, 5) is 28.9. The standard InChI is InChI=1S/C22H23N5O3S/c1-12(2)20(28)25-22-24-17-10-15(5-8-19(17)31-22)23-21(29)18-7-6-16(30-18)11-27-14(4)9-13(3)26-27/h5-10,12H,11H2,1-4H3,(H,23,29)(H,24,25,28). The molecular formula is C22H23N5O3S. The molecule has 0 saturated heterocycles. The van der Waals surface area contributed by atoms with Crippen LogP contribution in [0.4, 0.5) is 10.8 Å². The van der Waals surface area contributed by atoms with Crippen LogP contribution in [0.3, 0.4) is 0 Å². The van der Waals surface area contributed by atoms with Crippen molar-refractivity contribution in [3.8, 4) is 0 Å². The molecule has 0 bridgehead atoms. The van der Waals surface area contributed by atoms with Crippen molar-refractivity contribution >= 4 is 44.2 Å². The lowest BCUT2D eigenvalue weighted by molar-refractivity contribution is -0.118. The number of thiazole rings is 1. The molecule has 2 amide bonds.